The topological polar surface area (TPSA) is 34.9 Å². The number of ketones is 1. The van der Waals surface area contributed by atoms with Crippen LogP contribution in [0.4, 0.5) is 0 Å². The molecule has 0 N–H and O–H groups in total. The van der Waals surface area contributed by atoms with Crippen LogP contribution in [0.25, 0.3) is 11.0 Å². The van der Waals surface area contributed by atoms with Crippen LogP contribution < -0.4 is 0 Å². The van der Waals surface area contributed by atoms with E-state index in [4.69, 9.17) is 4.98 Å². The van der Waals surface area contributed by atoms with E-state index in [2.05, 4.69) is 29.7 Å². The SMILES string of the molecule is CCCn1c(CC2CCC(=O)C2)nc2ccccc21. The van der Waals surface area contributed by atoms with Gasteiger partial charge in [-0.3, -0.25) is 4.79 Å². The van der Waals surface area contributed by atoms with Crippen molar-refractivity contribution in [3.63, 3.8) is 0 Å². The summed E-state index contributed by atoms with van der Waals surface area (Å²) in [5, 5.41) is 0. The number of carbonyl (C=O) groups excluding carboxylic acids is 1. The number of benzene rings is 1. The van der Waals surface area contributed by atoms with Crippen LogP contribution in [-0.4, -0.2) is 15.3 Å². The molecule has 3 nitrogen and oxygen atoms in total. The minimum absolute atomic E-state index is 0.420. The maximum Gasteiger partial charge on any atom is 0.133 e. The summed E-state index contributed by atoms with van der Waals surface area (Å²) >= 11 is 0. The molecule has 100 valence electrons. The first-order valence-corrected chi connectivity index (χ1v) is 7.23. The van der Waals surface area contributed by atoms with Crippen LogP contribution >= 0.6 is 0 Å². The third-order valence-electron chi connectivity index (χ3n) is 4.00. The van der Waals surface area contributed by atoms with Crippen molar-refractivity contribution in [3.05, 3.63) is 30.1 Å². The molecule has 1 aliphatic rings. The van der Waals surface area contributed by atoms with Gasteiger partial charge in [0.15, 0.2) is 0 Å². The van der Waals surface area contributed by atoms with Crippen molar-refractivity contribution in [3.8, 4) is 0 Å². The van der Waals surface area contributed by atoms with Crippen molar-refractivity contribution in [1.29, 1.82) is 0 Å². The van der Waals surface area contributed by atoms with Gasteiger partial charge in [-0.2, -0.15) is 0 Å². The number of imidazole rings is 1. The fourth-order valence-electron chi connectivity index (χ4n) is 3.08. The van der Waals surface area contributed by atoms with Crippen LogP contribution in [0.15, 0.2) is 24.3 Å². The molecule has 0 amide bonds. The molecular formula is C16H20N2O. The Labute approximate surface area is 113 Å². The lowest BCUT2D eigenvalue weighted by atomic mass is 10.0. The first-order valence-electron chi connectivity index (χ1n) is 7.23. The molecule has 3 rings (SSSR count). The fraction of sp³-hybridized carbons (Fsp3) is 0.500. The Morgan fingerprint density at radius 1 is 1.37 bits per heavy atom. The predicted octanol–water partition coefficient (Wildman–Crippen LogP) is 3.36. The summed E-state index contributed by atoms with van der Waals surface area (Å²) in [5.74, 6) is 2.07. The lowest BCUT2D eigenvalue weighted by Gasteiger charge is -2.11. The molecule has 1 fully saturated rings. The Morgan fingerprint density at radius 2 is 2.21 bits per heavy atom. The zero-order valence-corrected chi connectivity index (χ0v) is 11.4. The van der Waals surface area contributed by atoms with Crippen molar-refractivity contribution in [2.75, 3.05) is 0 Å². The van der Waals surface area contributed by atoms with Gasteiger partial charge in [0.05, 0.1) is 11.0 Å². The van der Waals surface area contributed by atoms with Gasteiger partial charge in [-0.05, 0) is 30.9 Å². The highest BCUT2D eigenvalue weighted by Crippen LogP contribution is 2.27. The van der Waals surface area contributed by atoms with Crippen LogP contribution in [0.3, 0.4) is 0 Å². The molecule has 1 aromatic carbocycles. The van der Waals surface area contributed by atoms with Crippen molar-refractivity contribution in [2.24, 2.45) is 5.92 Å². The van der Waals surface area contributed by atoms with Gasteiger partial charge in [0.1, 0.15) is 11.6 Å². The molecule has 0 spiro atoms. The first kappa shape index (κ1) is 12.4. The summed E-state index contributed by atoms with van der Waals surface area (Å²) in [7, 11) is 0. The van der Waals surface area contributed by atoms with Gasteiger partial charge in [-0.1, -0.05) is 19.1 Å². The van der Waals surface area contributed by atoms with Crippen LogP contribution in [-0.2, 0) is 17.8 Å². The number of nitrogens with zero attached hydrogens (tertiary/aromatic N) is 2. The molecule has 0 saturated heterocycles. The molecule has 1 saturated carbocycles. The molecule has 1 heterocycles. The maximum absolute atomic E-state index is 11.4. The molecule has 1 atom stereocenters. The first-order chi connectivity index (χ1) is 9.28. The van der Waals surface area contributed by atoms with E-state index in [-0.39, 0.29) is 0 Å². The Kier molecular flexibility index (Phi) is 3.36. The average Bonchev–Trinajstić information content (AvgIpc) is 2.96. The predicted molar refractivity (Wildman–Crippen MR) is 76.1 cm³/mol. The van der Waals surface area contributed by atoms with Crippen LogP contribution in [0, 0.1) is 5.92 Å². The number of rotatable bonds is 4. The molecular weight excluding hydrogens is 236 g/mol. The summed E-state index contributed by atoms with van der Waals surface area (Å²) in [4.78, 5) is 16.2. The van der Waals surface area contributed by atoms with Crippen LogP contribution in [0.1, 0.15) is 38.4 Å². The van der Waals surface area contributed by atoms with E-state index >= 15 is 0 Å². The number of carbonyl (C=O) groups is 1. The molecule has 19 heavy (non-hydrogen) atoms. The number of aryl methyl sites for hydroxylation is 1. The average molecular weight is 256 g/mol. The van der Waals surface area contributed by atoms with Gasteiger partial charge in [-0.25, -0.2) is 4.98 Å². The quantitative estimate of drug-likeness (QED) is 0.840. The molecule has 0 radical (unpaired) electrons. The van der Waals surface area contributed by atoms with Crippen molar-refractivity contribution >= 4 is 16.8 Å². The van der Waals surface area contributed by atoms with E-state index < -0.39 is 0 Å². The van der Waals surface area contributed by atoms with E-state index in [1.54, 1.807) is 0 Å². The van der Waals surface area contributed by atoms with E-state index in [0.29, 0.717) is 11.7 Å². The normalized spacial score (nSPS) is 19.4. The van der Waals surface area contributed by atoms with Crippen molar-refractivity contribution in [2.45, 2.75) is 45.6 Å². The number of fused-ring (bicyclic) bond motifs is 1. The Bertz CT molecular complexity index is 600. The highest BCUT2D eigenvalue weighted by molar-refractivity contribution is 5.80. The Balaban J connectivity index is 1.93. The molecule has 0 aliphatic heterocycles. The van der Waals surface area contributed by atoms with Crippen LogP contribution in [0.2, 0.25) is 0 Å². The highest BCUT2D eigenvalue weighted by Gasteiger charge is 2.24. The lowest BCUT2D eigenvalue weighted by molar-refractivity contribution is -0.117. The summed E-state index contributed by atoms with van der Waals surface area (Å²) in [6, 6.07) is 8.32. The minimum atomic E-state index is 0.420. The van der Waals surface area contributed by atoms with E-state index in [0.717, 1.165) is 50.0 Å². The number of para-hydroxylation sites is 2. The van der Waals surface area contributed by atoms with Gasteiger partial charge >= 0.3 is 0 Å². The summed E-state index contributed by atoms with van der Waals surface area (Å²) < 4.78 is 2.33. The van der Waals surface area contributed by atoms with Gasteiger partial charge in [0, 0.05) is 25.8 Å². The van der Waals surface area contributed by atoms with Gasteiger partial charge < -0.3 is 4.57 Å². The van der Waals surface area contributed by atoms with Gasteiger partial charge in [0.25, 0.3) is 0 Å². The Hall–Kier alpha value is -1.64. The monoisotopic (exact) mass is 256 g/mol. The minimum Gasteiger partial charge on any atom is -0.328 e. The second-order valence-corrected chi connectivity index (χ2v) is 5.52. The van der Waals surface area contributed by atoms with E-state index in [9.17, 15) is 4.79 Å². The lowest BCUT2D eigenvalue weighted by Crippen LogP contribution is -2.09. The number of hydrogen-bond donors (Lipinski definition) is 0. The zero-order chi connectivity index (χ0) is 13.2. The summed E-state index contributed by atoms with van der Waals surface area (Å²) in [6.45, 7) is 3.20. The standard InChI is InChI=1S/C16H20N2O/c1-2-9-18-15-6-4-3-5-14(15)17-16(18)11-12-7-8-13(19)10-12/h3-6,12H,2,7-11H2,1H3. The summed E-state index contributed by atoms with van der Waals surface area (Å²) in [6.07, 6.45) is 4.60. The second-order valence-electron chi connectivity index (χ2n) is 5.52. The van der Waals surface area contributed by atoms with Gasteiger partial charge in [0.2, 0.25) is 0 Å². The van der Waals surface area contributed by atoms with Gasteiger partial charge in [-0.15, -0.1) is 0 Å². The second kappa shape index (κ2) is 5.16. The maximum atomic E-state index is 11.4. The number of Topliss-reactive ketones (excluding diaryl/α,β-unsaturated/α-hetero) is 1. The third-order valence-corrected chi connectivity index (χ3v) is 4.00. The molecule has 2 aromatic rings. The highest BCUT2D eigenvalue weighted by atomic mass is 16.1. The molecule has 1 aliphatic carbocycles. The zero-order valence-electron chi connectivity index (χ0n) is 11.4. The molecule has 3 heteroatoms. The van der Waals surface area contributed by atoms with E-state index in [1.807, 2.05) is 6.07 Å². The summed E-state index contributed by atoms with van der Waals surface area (Å²) in [5.41, 5.74) is 2.30. The number of hydrogen-bond acceptors (Lipinski definition) is 2. The fourth-order valence-corrected chi connectivity index (χ4v) is 3.08. The van der Waals surface area contributed by atoms with Crippen molar-refractivity contribution in [1.82, 2.24) is 9.55 Å². The molecule has 1 unspecified atom stereocenters. The van der Waals surface area contributed by atoms with Crippen molar-refractivity contribution < 1.29 is 4.79 Å². The third kappa shape index (κ3) is 2.42. The van der Waals surface area contributed by atoms with Crippen LogP contribution in [0.5, 0.6) is 0 Å². The number of aromatic nitrogens is 2. The Morgan fingerprint density at radius 3 is 2.95 bits per heavy atom. The smallest absolute Gasteiger partial charge is 0.133 e. The van der Waals surface area contributed by atoms with E-state index in [1.165, 1.54) is 5.52 Å². The molecule has 0 bridgehead atoms. The largest absolute Gasteiger partial charge is 0.328 e. The molecule has 1 aromatic heterocycles.